The van der Waals surface area contributed by atoms with Gasteiger partial charge in [0, 0.05) is 0 Å². The van der Waals surface area contributed by atoms with Crippen molar-refractivity contribution in [2.45, 2.75) is 12.0 Å². The van der Waals surface area contributed by atoms with Crippen molar-refractivity contribution < 1.29 is 8.78 Å². The van der Waals surface area contributed by atoms with Crippen LogP contribution in [-0.4, -0.2) is 6.04 Å². The quantitative estimate of drug-likeness (QED) is 0.231. The molecule has 0 heterocycles. The summed E-state index contributed by atoms with van der Waals surface area (Å²) < 4.78 is 29.1. The number of hydrogen-bond acceptors (Lipinski definition) is 4. The maximum atomic E-state index is 14.6. The van der Waals surface area contributed by atoms with Gasteiger partial charge in [-0.15, -0.1) is 0 Å². The third kappa shape index (κ3) is 4.20. The molecule has 0 aromatic heterocycles. The first kappa shape index (κ1) is 28.2. The molecule has 0 fully saturated rings. The van der Waals surface area contributed by atoms with Crippen LogP contribution in [0.1, 0.15) is 33.7 Å². The highest BCUT2D eigenvalue weighted by molar-refractivity contribution is 5.93. The highest BCUT2D eigenvalue weighted by Crippen LogP contribution is 2.52. The molecular weight excluding hydrogens is 558 g/mol. The molecule has 0 N–H and O–H groups in total. The lowest BCUT2D eigenvalue weighted by Crippen LogP contribution is -2.12. The minimum absolute atomic E-state index is 0.0641. The highest BCUT2D eigenvalue weighted by atomic mass is 19.1. The van der Waals surface area contributed by atoms with E-state index in [1.165, 1.54) is 36.4 Å². The zero-order chi connectivity index (χ0) is 31.7. The van der Waals surface area contributed by atoms with Gasteiger partial charge in [0.25, 0.3) is 0 Å². The molecule has 1 aliphatic carbocycles. The van der Waals surface area contributed by atoms with E-state index in [1.54, 1.807) is 24.3 Å². The second kappa shape index (κ2) is 10.9. The number of halogens is 2. The molecule has 0 radical (unpaired) electrons. The fourth-order valence-electron chi connectivity index (χ4n) is 5.40. The Hall–Kier alpha value is -7.34. The summed E-state index contributed by atoms with van der Waals surface area (Å²) in [4.78, 5) is 13.4. The van der Waals surface area contributed by atoms with Gasteiger partial charge < -0.3 is 0 Å². The van der Waals surface area contributed by atoms with Crippen LogP contribution in [0.15, 0.2) is 48.5 Å². The molecule has 200 valence electrons. The number of nitrogens with zero attached hydrogens (tertiary/aromatic N) is 8. The van der Waals surface area contributed by atoms with Gasteiger partial charge in [-0.1, -0.05) is 12.1 Å². The molecule has 0 amide bonds. The lowest BCUT2D eigenvalue weighted by atomic mass is 9.87. The standard InChI is InChI=1S/C34H10F2N8/c1-41-28-12-27-25(11-23(28)18-6-21(15-39)34(36)30(9-18)43-3)24-10-22(17-5-20(14-38)33(35)29(8-17)42-2)19(13-37)7-26(24)32(27)31(16-40)44-4/h5-12,31-32H. The number of fused-ring (bicyclic) bond motifs is 3. The van der Waals surface area contributed by atoms with Gasteiger partial charge in [-0.2, -0.15) is 21.0 Å². The van der Waals surface area contributed by atoms with E-state index in [1.807, 2.05) is 6.07 Å². The first-order valence-corrected chi connectivity index (χ1v) is 12.4. The van der Waals surface area contributed by atoms with E-state index in [-0.39, 0.29) is 39.1 Å². The number of benzene rings is 4. The predicted molar refractivity (Wildman–Crippen MR) is 153 cm³/mol. The predicted octanol–water partition coefficient (Wildman–Crippen LogP) is 8.49. The van der Waals surface area contributed by atoms with Crippen LogP contribution in [0.2, 0.25) is 0 Å². The third-order valence-corrected chi connectivity index (χ3v) is 7.36. The molecule has 0 bridgehead atoms. The minimum Gasteiger partial charge on any atom is -0.296 e. The van der Waals surface area contributed by atoms with Gasteiger partial charge in [-0.3, -0.25) is 4.85 Å². The number of rotatable bonds is 3. The Labute approximate surface area is 250 Å². The average Bonchev–Trinajstić information content (AvgIpc) is 3.36. The van der Waals surface area contributed by atoms with Crippen LogP contribution in [0.25, 0.3) is 52.8 Å². The van der Waals surface area contributed by atoms with Gasteiger partial charge in [-0.25, -0.2) is 29.9 Å². The minimum atomic E-state index is -1.23. The van der Waals surface area contributed by atoms with Crippen molar-refractivity contribution in [3.63, 3.8) is 0 Å². The van der Waals surface area contributed by atoms with Gasteiger partial charge in [0.05, 0.1) is 48.4 Å². The van der Waals surface area contributed by atoms with Crippen molar-refractivity contribution in [1.82, 2.24) is 0 Å². The molecule has 0 aliphatic heterocycles. The topological polar surface area (TPSA) is 113 Å². The molecule has 4 aromatic rings. The van der Waals surface area contributed by atoms with E-state index in [4.69, 9.17) is 26.3 Å². The van der Waals surface area contributed by atoms with Crippen LogP contribution in [0.4, 0.5) is 25.8 Å². The molecule has 4 aromatic carbocycles. The molecule has 44 heavy (non-hydrogen) atoms. The zero-order valence-corrected chi connectivity index (χ0v) is 22.1. The Bertz CT molecular complexity index is 2080. The molecule has 0 spiro atoms. The molecule has 2 unspecified atom stereocenters. The van der Waals surface area contributed by atoms with E-state index >= 15 is 0 Å². The van der Waals surface area contributed by atoms with Crippen LogP contribution in [0, 0.1) is 83.2 Å². The van der Waals surface area contributed by atoms with E-state index in [9.17, 15) is 29.8 Å². The van der Waals surface area contributed by atoms with Crippen molar-refractivity contribution in [3.05, 3.63) is 134 Å². The van der Waals surface area contributed by atoms with E-state index in [0.717, 1.165) is 0 Å². The third-order valence-electron chi connectivity index (χ3n) is 7.36. The maximum Gasteiger partial charge on any atom is 0.317 e. The normalized spacial score (nSPS) is 12.7. The van der Waals surface area contributed by atoms with Crippen LogP contribution >= 0.6 is 0 Å². The van der Waals surface area contributed by atoms with Crippen molar-refractivity contribution in [1.29, 1.82) is 21.0 Å². The smallest absolute Gasteiger partial charge is 0.296 e. The summed E-state index contributed by atoms with van der Waals surface area (Å²) >= 11 is 0. The van der Waals surface area contributed by atoms with Crippen LogP contribution < -0.4 is 0 Å². The largest absolute Gasteiger partial charge is 0.317 e. The van der Waals surface area contributed by atoms with Gasteiger partial charge >= 0.3 is 6.04 Å². The Morgan fingerprint density at radius 1 is 0.568 bits per heavy atom. The van der Waals surface area contributed by atoms with Crippen molar-refractivity contribution in [2.75, 3.05) is 0 Å². The SMILES string of the molecule is [C-]#[N+]c1cc2c(cc1-c1cc(C#N)c(F)c([N+]#[C-])c1)-c1cc(-c3cc(C#N)c(F)c([N+]#[C-])c3)c(C#N)cc1C2C(C#N)[N+]#[C-]. The lowest BCUT2D eigenvalue weighted by molar-refractivity contribution is 0.629. The molecule has 2 atom stereocenters. The molecule has 1 aliphatic rings. The number of hydrogen-bond donors (Lipinski definition) is 0. The Kier molecular flexibility index (Phi) is 6.99. The van der Waals surface area contributed by atoms with Gasteiger partial charge in [-0.05, 0) is 80.9 Å². The Morgan fingerprint density at radius 3 is 1.50 bits per heavy atom. The van der Waals surface area contributed by atoms with Crippen LogP contribution in [-0.2, 0) is 0 Å². The molecule has 8 nitrogen and oxygen atoms in total. The summed E-state index contributed by atoms with van der Waals surface area (Å²) in [6.45, 7) is 30.2. The van der Waals surface area contributed by atoms with Crippen molar-refractivity contribution in [2.24, 2.45) is 0 Å². The zero-order valence-electron chi connectivity index (χ0n) is 22.1. The van der Waals surface area contributed by atoms with Crippen molar-refractivity contribution in [3.8, 4) is 57.7 Å². The molecule has 0 saturated heterocycles. The summed E-state index contributed by atoms with van der Waals surface area (Å²) in [5.41, 5.74) is 1.35. The van der Waals surface area contributed by atoms with Crippen molar-refractivity contribution >= 4 is 17.1 Å². The summed E-state index contributed by atoms with van der Waals surface area (Å²) in [6, 6.07) is 17.3. The molecule has 0 saturated carbocycles. The fourth-order valence-corrected chi connectivity index (χ4v) is 5.40. The molecule has 10 heteroatoms. The summed E-state index contributed by atoms with van der Waals surface area (Å²) in [5, 5.41) is 38.8. The first-order valence-electron chi connectivity index (χ1n) is 12.4. The lowest BCUT2D eigenvalue weighted by Gasteiger charge is -2.14. The monoisotopic (exact) mass is 568 g/mol. The maximum absolute atomic E-state index is 14.6. The summed E-state index contributed by atoms with van der Waals surface area (Å²) in [5.74, 6) is -2.84. The molecular formula is C34H10F2N8. The Balaban J connectivity index is 1.88. The van der Waals surface area contributed by atoms with Gasteiger partial charge in [0.15, 0.2) is 11.8 Å². The number of nitriles is 4. The van der Waals surface area contributed by atoms with Gasteiger partial charge in [0.1, 0.15) is 23.8 Å². The second-order valence-corrected chi connectivity index (χ2v) is 9.51. The highest BCUT2D eigenvalue weighted by Gasteiger charge is 2.40. The second-order valence-electron chi connectivity index (χ2n) is 9.51. The van der Waals surface area contributed by atoms with Crippen LogP contribution in [0.3, 0.4) is 0 Å². The summed E-state index contributed by atoms with van der Waals surface area (Å²) in [7, 11) is 0. The fraction of sp³-hybridized carbons (Fsp3) is 0.0588. The van der Waals surface area contributed by atoms with Crippen LogP contribution in [0.5, 0.6) is 0 Å². The van der Waals surface area contributed by atoms with E-state index < -0.39 is 40.5 Å². The average molecular weight is 569 g/mol. The molecule has 5 rings (SSSR count). The summed E-state index contributed by atoms with van der Waals surface area (Å²) in [6.07, 6.45) is 0. The van der Waals surface area contributed by atoms with Gasteiger partial charge in [0.2, 0.25) is 11.4 Å². The van der Waals surface area contributed by atoms with E-state index in [0.29, 0.717) is 22.3 Å². The van der Waals surface area contributed by atoms with E-state index in [2.05, 4.69) is 25.4 Å². The Morgan fingerprint density at radius 2 is 1.05 bits per heavy atom. The first-order chi connectivity index (χ1) is 21.3.